The Bertz CT molecular complexity index is 510. The summed E-state index contributed by atoms with van der Waals surface area (Å²) in [6, 6.07) is 10.8. The number of aryl methyl sites for hydroxylation is 1. The summed E-state index contributed by atoms with van der Waals surface area (Å²) in [6.45, 7) is 2.12. The Hall–Kier alpha value is -1.28. The Morgan fingerprint density at radius 3 is 2.37 bits per heavy atom. The van der Waals surface area contributed by atoms with Crippen molar-refractivity contribution in [1.82, 2.24) is 9.78 Å². The Morgan fingerprint density at radius 1 is 1.00 bits per heavy atom. The van der Waals surface area contributed by atoms with Gasteiger partial charge >= 0.3 is 0 Å². The topological polar surface area (TPSA) is 17.8 Å². The third-order valence-corrected chi connectivity index (χ3v) is 3.97. The van der Waals surface area contributed by atoms with E-state index in [2.05, 4.69) is 47.0 Å². The molecule has 2 aromatic rings. The molecule has 1 heterocycles. The van der Waals surface area contributed by atoms with Gasteiger partial charge in [0.15, 0.2) is 0 Å². The van der Waals surface area contributed by atoms with Crippen LogP contribution in [0.1, 0.15) is 49.3 Å². The first-order valence-electron chi connectivity index (χ1n) is 6.95. The first-order chi connectivity index (χ1) is 8.84. The SMILES string of the molecule is Cc1ccc(-n2nccc2C2CCCCC2)cc1.Cl. The summed E-state index contributed by atoms with van der Waals surface area (Å²) in [6.07, 6.45) is 8.70. The van der Waals surface area contributed by atoms with Gasteiger partial charge in [-0.15, -0.1) is 12.4 Å². The molecule has 3 heteroatoms. The van der Waals surface area contributed by atoms with Gasteiger partial charge in [-0.25, -0.2) is 4.68 Å². The van der Waals surface area contributed by atoms with Gasteiger partial charge in [0.05, 0.1) is 5.69 Å². The van der Waals surface area contributed by atoms with Crippen LogP contribution in [0, 0.1) is 6.92 Å². The van der Waals surface area contributed by atoms with Crippen molar-refractivity contribution in [1.29, 1.82) is 0 Å². The zero-order valence-electron chi connectivity index (χ0n) is 11.4. The molecule has 0 atom stereocenters. The van der Waals surface area contributed by atoms with Crippen molar-refractivity contribution in [3.05, 3.63) is 47.8 Å². The number of hydrogen-bond donors (Lipinski definition) is 0. The van der Waals surface area contributed by atoms with Crippen molar-refractivity contribution in [2.45, 2.75) is 44.9 Å². The minimum Gasteiger partial charge on any atom is -0.238 e. The molecule has 0 amide bonds. The minimum absolute atomic E-state index is 0. The molecule has 102 valence electrons. The number of rotatable bonds is 2. The summed E-state index contributed by atoms with van der Waals surface area (Å²) in [4.78, 5) is 0. The van der Waals surface area contributed by atoms with Crippen LogP contribution in [-0.2, 0) is 0 Å². The van der Waals surface area contributed by atoms with Crippen molar-refractivity contribution in [3.8, 4) is 5.69 Å². The molecule has 3 rings (SSSR count). The predicted octanol–water partition coefficient (Wildman–Crippen LogP) is 4.65. The fourth-order valence-electron chi connectivity index (χ4n) is 2.92. The smallest absolute Gasteiger partial charge is 0.0649 e. The summed E-state index contributed by atoms with van der Waals surface area (Å²) in [7, 11) is 0. The van der Waals surface area contributed by atoms with Crippen LogP contribution in [0.15, 0.2) is 36.5 Å². The van der Waals surface area contributed by atoms with Crippen molar-refractivity contribution in [2.24, 2.45) is 0 Å². The van der Waals surface area contributed by atoms with E-state index in [0.717, 1.165) is 0 Å². The number of nitrogens with zero attached hydrogens (tertiary/aromatic N) is 2. The maximum Gasteiger partial charge on any atom is 0.0649 e. The first-order valence-corrected chi connectivity index (χ1v) is 6.95. The van der Waals surface area contributed by atoms with Gasteiger partial charge in [-0.3, -0.25) is 0 Å². The summed E-state index contributed by atoms with van der Waals surface area (Å²) >= 11 is 0. The zero-order valence-corrected chi connectivity index (χ0v) is 12.2. The molecule has 0 saturated heterocycles. The van der Waals surface area contributed by atoms with E-state index in [1.807, 2.05) is 6.20 Å². The van der Waals surface area contributed by atoms with Crippen molar-refractivity contribution in [2.75, 3.05) is 0 Å². The van der Waals surface area contributed by atoms with Gasteiger partial charge in [-0.2, -0.15) is 5.10 Å². The molecule has 1 aliphatic rings. The van der Waals surface area contributed by atoms with Crippen LogP contribution in [-0.4, -0.2) is 9.78 Å². The van der Waals surface area contributed by atoms with E-state index in [4.69, 9.17) is 0 Å². The quantitative estimate of drug-likeness (QED) is 0.781. The van der Waals surface area contributed by atoms with Gasteiger partial charge in [0.25, 0.3) is 0 Å². The maximum atomic E-state index is 4.51. The van der Waals surface area contributed by atoms with E-state index < -0.39 is 0 Å². The molecular formula is C16H21ClN2. The van der Waals surface area contributed by atoms with Crippen molar-refractivity contribution >= 4 is 12.4 Å². The zero-order chi connectivity index (χ0) is 12.4. The van der Waals surface area contributed by atoms with Crippen LogP contribution in [0.2, 0.25) is 0 Å². The lowest BCUT2D eigenvalue weighted by Gasteiger charge is -2.22. The monoisotopic (exact) mass is 276 g/mol. The second-order valence-corrected chi connectivity index (χ2v) is 5.34. The largest absolute Gasteiger partial charge is 0.238 e. The third kappa shape index (κ3) is 3.01. The number of benzene rings is 1. The lowest BCUT2D eigenvalue weighted by atomic mass is 9.87. The summed E-state index contributed by atoms with van der Waals surface area (Å²) < 4.78 is 2.12. The highest BCUT2D eigenvalue weighted by Crippen LogP contribution is 2.33. The Kier molecular flexibility index (Phi) is 4.65. The fraction of sp³-hybridized carbons (Fsp3) is 0.438. The van der Waals surface area contributed by atoms with Crippen LogP contribution >= 0.6 is 12.4 Å². The van der Waals surface area contributed by atoms with Crippen LogP contribution in [0.3, 0.4) is 0 Å². The molecule has 0 aliphatic heterocycles. The summed E-state index contributed by atoms with van der Waals surface area (Å²) in [5.41, 5.74) is 3.87. The fourth-order valence-corrected chi connectivity index (χ4v) is 2.92. The molecule has 19 heavy (non-hydrogen) atoms. The van der Waals surface area contributed by atoms with Crippen molar-refractivity contribution in [3.63, 3.8) is 0 Å². The van der Waals surface area contributed by atoms with Gasteiger partial charge < -0.3 is 0 Å². The van der Waals surface area contributed by atoms with Gasteiger partial charge in [0.1, 0.15) is 0 Å². The molecule has 0 bridgehead atoms. The first kappa shape index (κ1) is 14.1. The molecule has 0 unspecified atom stereocenters. The predicted molar refractivity (Wildman–Crippen MR) is 81.4 cm³/mol. The molecule has 1 aliphatic carbocycles. The standard InChI is InChI=1S/C16H20N2.ClH/c1-13-7-9-15(10-8-13)18-16(11-12-17-18)14-5-3-2-4-6-14;/h7-12,14H,2-6H2,1H3;1H. The average Bonchev–Trinajstić information content (AvgIpc) is 2.90. The molecule has 1 saturated carbocycles. The number of halogens is 1. The molecule has 1 aromatic heterocycles. The van der Waals surface area contributed by atoms with E-state index in [0.29, 0.717) is 5.92 Å². The van der Waals surface area contributed by atoms with Crippen LogP contribution < -0.4 is 0 Å². The molecule has 0 spiro atoms. The molecular weight excluding hydrogens is 256 g/mol. The third-order valence-electron chi connectivity index (χ3n) is 3.97. The lowest BCUT2D eigenvalue weighted by molar-refractivity contribution is 0.430. The Morgan fingerprint density at radius 2 is 1.68 bits per heavy atom. The molecule has 0 radical (unpaired) electrons. The van der Waals surface area contributed by atoms with Crippen LogP contribution in [0.25, 0.3) is 5.69 Å². The van der Waals surface area contributed by atoms with Crippen LogP contribution in [0.4, 0.5) is 0 Å². The van der Waals surface area contributed by atoms with Crippen molar-refractivity contribution < 1.29 is 0 Å². The minimum atomic E-state index is 0. The molecule has 0 N–H and O–H groups in total. The highest BCUT2D eigenvalue weighted by Gasteiger charge is 2.19. The van der Waals surface area contributed by atoms with E-state index in [1.165, 1.54) is 49.0 Å². The van der Waals surface area contributed by atoms with Gasteiger partial charge in [-0.1, -0.05) is 37.0 Å². The maximum absolute atomic E-state index is 4.51. The summed E-state index contributed by atoms with van der Waals surface area (Å²) in [5, 5.41) is 4.51. The second-order valence-electron chi connectivity index (χ2n) is 5.34. The molecule has 1 aromatic carbocycles. The number of hydrogen-bond acceptors (Lipinski definition) is 1. The van der Waals surface area contributed by atoms with Gasteiger partial charge in [-0.05, 0) is 38.0 Å². The van der Waals surface area contributed by atoms with Gasteiger partial charge in [0, 0.05) is 17.8 Å². The summed E-state index contributed by atoms with van der Waals surface area (Å²) in [5.74, 6) is 0.697. The lowest BCUT2D eigenvalue weighted by Crippen LogP contribution is -2.10. The van der Waals surface area contributed by atoms with Crippen LogP contribution in [0.5, 0.6) is 0 Å². The second kappa shape index (κ2) is 6.25. The highest BCUT2D eigenvalue weighted by atomic mass is 35.5. The molecule has 2 nitrogen and oxygen atoms in total. The normalized spacial score (nSPS) is 16.1. The van der Waals surface area contributed by atoms with E-state index in [9.17, 15) is 0 Å². The van der Waals surface area contributed by atoms with Gasteiger partial charge in [0.2, 0.25) is 0 Å². The average molecular weight is 277 g/mol. The van der Waals surface area contributed by atoms with E-state index in [-0.39, 0.29) is 12.4 Å². The van der Waals surface area contributed by atoms with E-state index in [1.54, 1.807) is 0 Å². The molecule has 1 fully saturated rings. The van der Waals surface area contributed by atoms with E-state index >= 15 is 0 Å². The Labute approximate surface area is 121 Å². The Balaban J connectivity index is 0.00000133. The number of aromatic nitrogens is 2. The highest BCUT2D eigenvalue weighted by molar-refractivity contribution is 5.85.